The van der Waals surface area contributed by atoms with Gasteiger partial charge in [-0.3, -0.25) is 4.79 Å². The first-order valence-corrected chi connectivity index (χ1v) is 1.60. The van der Waals surface area contributed by atoms with E-state index in [9.17, 15) is 4.79 Å². The average molecular weight is 267 g/mol. The SMILES string of the molecule is C=CC(=O)C=C.[Ga].[In]. The minimum Gasteiger partial charge on any atom is -0.290 e. The van der Waals surface area contributed by atoms with Crippen molar-refractivity contribution in [2.45, 2.75) is 0 Å². The van der Waals surface area contributed by atoms with Crippen LogP contribution in [0.15, 0.2) is 25.3 Å². The molecule has 0 heterocycles. The molecule has 0 aliphatic rings. The Morgan fingerprint density at radius 1 is 1.25 bits per heavy atom. The van der Waals surface area contributed by atoms with Gasteiger partial charge in [-0.15, -0.1) is 0 Å². The maximum atomic E-state index is 9.94. The Bertz CT molecular complexity index is 80.4. The van der Waals surface area contributed by atoms with Gasteiger partial charge in [0.1, 0.15) is 0 Å². The van der Waals surface area contributed by atoms with Crippen LogP contribution < -0.4 is 0 Å². The molecule has 0 saturated heterocycles. The Hall–Kier alpha value is 0.656. The van der Waals surface area contributed by atoms with Gasteiger partial charge in [0.05, 0.1) is 0 Å². The molecule has 1 nitrogen and oxygen atoms in total. The monoisotopic (exact) mass is 266 g/mol. The number of ketones is 1. The minimum atomic E-state index is -0.130. The van der Waals surface area contributed by atoms with E-state index in [1.807, 2.05) is 0 Å². The Labute approximate surface area is 81.1 Å². The molecular weight excluding hydrogens is 261 g/mol. The van der Waals surface area contributed by atoms with E-state index in [0.29, 0.717) is 0 Å². The Balaban J connectivity index is -0.000000125. The summed E-state index contributed by atoms with van der Waals surface area (Å²) in [6.45, 7) is 6.42. The summed E-state index contributed by atoms with van der Waals surface area (Å²) >= 11 is 0. The summed E-state index contributed by atoms with van der Waals surface area (Å²) in [5.41, 5.74) is 0. The van der Waals surface area contributed by atoms with Crippen LogP contribution in [-0.4, -0.2) is 51.4 Å². The fourth-order valence-corrected chi connectivity index (χ4v) is 0.0833. The third kappa shape index (κ3) is 9.82. The van der Waals surface area contributed by atoms with Crippen molar-refractivity contribution in [1.82, 2.24) is 0 Å². The molecule has 0 amide bonds. The second-order valence-electron chi connectivity index (χ2n) is 0.811. The maximum Gasteiger partial charge on any atom is 0.177 e. The van der Waals surface area contributed by atoms with Gasteiger partial charge in [-0.05, 0) is 12.2 Å². The van der Waals surface area contributed by atoms with E-state index in [1.165, 1.54) is 12.2 Å². The van der Waals surface area contributed by atoms with Crippen LogP contribution in [0.25, 0.3) is 0 Å². The van der Waals surface area contributed by atoms with Crippen LogP contribution >= 0.6 is 0 Å². The largest absolute Gasteiger partial charge is 0.290 e. The van der Waals surface area contributed by atoms with Gasteiger partial charge in [0.25, 0.3) is 0 Å². The van der Waals surface area contributed by atoms with Gasteiger partial charge in [0.15, 0.2) is 5.78 Å². The van der Waals surface area contributed by atoms with Gasteiger partial charge in [0, 0.05) is 45.6 Å². The molecule has 0 unspecified atom stereocenters. The van der Waals surface area contributed by atoms with Gasteiger partial charge in [-0.2, -0.15) is 0 Å². The topological polar surface area (TPSA) is 17.1 Å². The van der Waals surface area contributed by atoms with Crippen molar-refractivity contribution in [2.24, 2.45) is 0 Å². The van der Waals surface area contributed by atoms with E-state index in [0.717, 1.165) is 0 Å². The molecule has 0 aromatic carbocycles. The number of rotatable bonds is 2. The van der Waals surface area contributed by atoms with Crippen LogP contribution in [0, 0.1) is 0 Å². The summed E-state index contributed by atoms with van der Waals surface area (Å²) in [5.74, 6) is -0.130. The van der Waals surface area contributed by atoms with Gasteiger partial charge in [0.2, 0.25) is 0 Å². The van der Waals surface area contributed by atoms with Crippen LogP contribution in [0.2, 0.25) is 0 Å². The van der Waals surface area contributed by atoms with Crippen molar-refractivity contribution in [1.29, 1.82) is 0 Å². The number of hydrogen-bond donors (Lipinski definition) is 0. The second kappa shape index (κ2) is 10.6. The molecule has 0 rings (SSSR count). The van der Waals surface area contributed by atoms with Crippen molar-refractivity contribution in [2.75, 3.05) is 0 Å². The molecule has 0 aromatic heterocycles. The van der Waals surface area contributed by atoms with Gasteiger partial charge >= 0.3 is 0 Å². The van der Waals surface area contributed by atoms with Crippen LogP contribution in [0.1, 0.15) is 0 Å². The number of carbonyl (C=O) groups excluding carboxylic acids is 1. The Kier molecular flexibility index (Phi) is 21.0. The predicted molar refractivity (Wildman–Crippen MR) is 36.9 cm³/mol. The first-order valence-electron chi connectivity index (χ1n) is 1.60. The van der Waals surface area contributed by atoms with Crippen molar-refractivity contribution in [3.8, 4) is 0 Å². The van der Waals surface area contributed by atoms with E-state index in [1.54, 1.807) is 0 Å². The predicted octanol–water partition coefficient (Wildman–Crippen LogP) is 0.166. The molecule has 0 atom stereocenters. The maximum absolute atomic E-state index is 9.94. The quantitative estimate of drug-likeness (QED) is 0.514. The summed E-state index contributed by atoms with van der Waals surface area (Å²) < 4.78 is 0. The second-order valence-corrected chi connectivity index (χ2v) is 0.811. The minimum absolute atomic E-state index is 0. The van der Waals surface area contributed by atoms with E-state index >= 15 is 0 Å². The van der Waals surface area contributed by atoms with Gasteiger partial charge < -0.3 is 0 Å². The summed E-state index contributed by atoms with van der Waals surface area (Å²) in [7, 11) is 0. The van der Waals surface area contributed by atoms with Crippen molar-refractivity contribution >= 4 is 51.4 Å². The van der Waals surface area contributed by atoms with Crippen LogP contribution in [-0.2, 0) is 4.79 Å². The van der Waals surface area contributed by atoms with E-state index in [2.05, 4.69) is 13.2 Å². The fraction of sp³-hybridized carbons (Fsp3) is 0. The average Bonchev–Trinajstić information content (AvgIpc) is 1.65. The molecule has 0 spiro atoms. The first kappa shape index (κ1) is 15.9. The smallest absolute Gasteiger partial charge is 0.177 e. The van der Waals surface area contributed by atoms with Crippen molar-refractivity contribution < 1.29 is 4.79 Å². The normalized spacial score (nSPS) is 5.00. The van der Waals surface area contributed by atoms with Gasteiger partial charge in [-0.25, -0.2) is 0 Å². The molecule has 0 aromatic rings. The molecule has 8 heavy (non-hydrogen) atoms. The molecule has 0 aliphatic carbocycles. The third-order valence-electron chi connectivity index (χ3n) is 0.402. The van der Waals surface area contributed by atoms with Crippen LogP contribution in [0.3, 0.4) is 0 Å². The van der Waals surface area contributed by atoms with Gasteiger partial charge in [-0.1, -0.05) is 13.2 Å². The number of hydrogen-bond acceptors (Lipinski definition) is 1. The van der Waals surface area contributed by atoms with Crippen LogP contribution in [0.4, 0.5) is 0 Å². The molecule has 0 aliphatic heterocycles. The van der Waals surface area contributed by atoms with Crippen molar-refractivity contribution in [3.63, 3.8) is 0 Å². The fourth-order valence-electron chi connectivity index (χ4n) is 0.0833. The molecule has 38 valence electrons. The number of carbonyl (C=O) groups is 1. The summed E-state index contributed by atoms with van der Waals surface area (Å²) in [6, 6.07) is 0. The molecular formula is C5H6GaInO. The number of allylic oxidation sites excluding steroid dienone is 2. The molecule has 0 bridgehead atoms. The molecule has 3 heteroatoms. The summed E-state index contributed by atoms with van der Waals surface area (Å²) in [5, 5.41) is 0. The molecule has 0 N–H and O–H groups in total. The summed E-state index contributed by atoms with van der Waals surface area (Å²) in [6.07, 6.45) is 2.43. The van der Waals surface area contributed by atoms with E-state index in [4.69, 9.17) is 0 Å². The standard InChI is InChI=1S/C5H6O.Ga.In/c1-3-5(6)4-2;;/h3-4H,1-2H2;;. The Morgan fingerprint density at radius 3 is 1.50 bits per heavy atom. The first-order chi connectivity index (χ1) is 2.81. The van der Waals surface area contributed by atoms with E-state index in [-0.39, 0.29) is 51.4 Å². The summed E-state index contributed by atoms with van der Waals surface area (Å²) in [4.78, 5) is 9.94. The Morgan fingerprint density at radius 2 is 1.50 bits per heavy atom. The zero-order valence-electron chi connectivity index (χ0n) is 4.63. The molecule has 0 saturated carbocycles. The third-order valence-corrected chi connectivity index (χ3v) is 0.402. The zero-order chi connectivity index (χ0) is 4.99. The van der Waals surface area contributed by atoms with Crippen molar-refractivity contribution in [3.05, 3.63) is 25.3 Å². The van der Waals surface area contributed by atoms with Crippen LogP contribution in [0.5, 0.6) is 0 Å². The molecule has 6 radical (unpaired) electrons. The zero-order valence-corrected chi connectivity index (χ0v) is 10.4. The molecule has 0 fully saturated rings. The van der Waals surface area contributed by atoms with E-state index < -0.39 is 0 Å².